The van der Waals surface area contributed by atoms with Crippen molar-refractivity contribution in [1.82, 2.24) is 14.8 Å². The van der Waals surface area contributed by atoms with Crippen LogP contribution in [0.4, 0.5) is 0 Å². The van der Waals surface area contributed by atoms with Crippen molar-refractivity contribution in [2.45, 2.75) is 38.0 Å². The first-order valence-electron chi connectivity index (χ1n) is 9.39. The number of hydrogen-bond acceptors (Lipinski definition) is 6. The summed E-state index contributed by atoms with van der Waals surface area (Å²) in [4.78, 5) is 13.4. The van der Waals surface area contributed by atoms with Crippen molar-refractivity contribution in [3.8, 4) is 0 Å². The van der Waals surface area contributed by atoms with E-state index in [1.54, 1.807) is 30.4 Å². The van der Waals surface area contributed by atoms with Gasteiger partial charge in [0.2, 0.25) is 15.9 Å². The monoisotopic (exact) mass is 423 g/mol. The lowest BCUT2D eigenvalue weighted by molar-refractivity contribution is -0.126. The molecule has 1 fully saturated rings. The summed E-state index contributed by atoms with van der Waals surface area (Å²) in [5.74, 6) is -0.203. The fraction of sp³-hybridized carbons (Fsp3) is 0.474. The zero-order valence-electron chi connectivity index (χ0n) is 16.1. The summed E-state index contributed by atoms with van der Waals surface area (Å²) in [5, 5.41) is 8.68. The molecule has 2 aromatic rings. The number of nitrogens with zero attached hydrogens (tertiary/aromatic N) is 2. The van der Waals surface area contributed by atoms with Gasteiger partial charge in [-0.3, -0.25) is 4.79 Å². The summed E-state index contributed by atoms with van der Waals surface area (Å²) in [6.45, 7) is 4.77. The highest BCUT2D eigenvalue weighted by Gasteiger charge is 2.36. The molecule has 1 aliphatic heterocycles. The second-order valence-electron chi connectivity index (χ2n) is 6.80. The van der Waals surface area contributed by atoms with Gasteiger partial charge < -0.3 is 9.84 Å². The highest BCUT2D eigenvalue weighted by atomic mass is 32.2. The summed E-state index contributed by atoms with van der Waals surface area (Å²) in [7, 11) is -3.81. The number of carbonyl (C=O) groups excluding carboxylic acids is 1. The zero-order chi connectivity index (χ0) is 20.1. The van der Waals surface area contributed by atoms with Crippen molar-refractivity contribution in [2.75, 3.05) is 19.6 Å². The number of aryl methyl sites for hydroxylation is 1. The second-order valence-corrected chi connectivity index (χ2v) is 9.66. The van der Waals surface area contributed by atoms with Gasteiger partial charge in [-0.25, -0.2) is 8.42 Å². The molecule has 7 nitrogen and oxygen atoms in total. The molecule has 1 aliphatic rings. The lowest BCUT2D eigenvalue weighted by Gasteiger charge is -2.31. The Kier molecular flexibility index (Phi) is 6.69. The van der Waals surface area contributed by atoms with E-state index in [4.69, 9.17) is 4.52 Å². The third-order valence-corrected chi connectivity index (χ3v) is 7.54. The molecule has 1 saturated heterocycles. The maximum absolute atomic E-state index is 13.3. The number of amides is 1. The van der Waals surface area contributed by atoms with Crippen LogP contribution in [0.2, 0.25) is 0 Å². The van der Waals surface area contributed by atoms with Crippen LogP contribution in [0.5, 0.6) is 0 Å². The minimum Gasteiger partial charge on any atom is -0.356 e. The summed E-state index contributed by atoms with van der Waals surface area (Å²) in [5.41, 5.74) is 0.323. The Hall–Kier alpha value is -1.97. The van der Waals surface area contributed by atoms with Gasteiger partial charge in [-0.1, -0.05) is 18.1 Å². The zero-order valence-corrected chi connectivity index (χ0v) is 17.7. The van der Waals surface area contributed by atoms with E-state index >= 15 is 0 Å². The first kappa shape index (κ1) is 20.8. The van der Waals surface area contributed by atoms with E-state index in [0.717, 1.165) is 11.3 Å². The van der Waals surface area contributed by atoms with Crippen molar-refractivity contribution >= 4 is 39.4 Å². The molecule has 0 radical (unpaired) electrons. The van der Waals surface area contributed by atoms with E-state index in [1.807, 2.05) is 24.4 Å². The van der Waals surface area contributed by atoms with Crippen LogP contribution in [0.15, 0.2) is 26.9 Å². The number of sulfonamides is 1. The van der Waals surface area contributed by atoms with Crippen LogP contribution >= 0.6 is 11.3 Å². The fourth-order valence-electron chi connectivity index (χ4n) is 3.24. The van der Waals surface area contributed by atoms with Crippen molar-refractivity contribution in [2.24, 2.45) is 5.92 Å². The Labute approximate surface area is 169 Å². The molecule has 3 rings (SSSR count). The molecule has 1 atom stereocenters. The second kappa shape index (κ2) is 9.02. The molecular formula is C19H25N3O4S2. The molecule has 0 bridgehead atoms. The van der Waals surface area contributed by atoms with Gasteiger partial charge in [0, 0.05) is 24.5 Å². The van der Waals surface area contributed by atoms with Crippen molar-refractivity contribution in [3.05, 3.63) is 33.8 Å². The Bertz CT molecular complexity index is 933. The lowest BCUT2D eigenvalue weighted by Crippen LogP contribution is -2.45. The van der Waals surface area contributed by atoms with Crippen LogP contribution in [0.25, 0.3) is 12.2 Å². The molecular weight excluding hydrogens is 398 g/mol. The first-order valence-corrected chi connectivity index (χ1v) is 11.7. The molecule has 0 unspecified atom stereocenters. The fourth-order valence-corrected chi connectivity index (χ4v) is 5.63. The van der Waals surface area contributed by atoms with E-state index in [0.29, 0.717) is 31.6 Å². The Morgan fingerprint density at radius 3 is 3.00 bits per heavy atom. The quantitative estimate of drug-likeness (QED) is 0.739. The Morgan fingerprint density at radius 2 is 2.29 bits per heavy atom. The van der Waals surface area contributed by atoms with E-state index in [-0.39, 0.29) is 29.0 Å². The molecule has 9 heteroatoms. The van der Waals surface area contributed by atoms with Crippen LogP contribution in [0.3, 0.4) is 0 Å². The molecule has 0 saturated carbocycles. The maximum atomic E-state index is 13.3. The average Bonchev–Trinajstić information content (AvgIpc) is 3.34. The summed E-state index contributed by atoms with van der Waals surface area (Å²) < 4.78 is 33.3. The molecule has 0 spiro atoms. The molecule has 2 aromatic heterocycles. The van der Waals surface area contributed by atoms with E-state index in [9.17, 15) is 13.2 Å². The van der Waals surface area contributed by atoms with Crippen LogP contribution in [0.1, 0.15) is 42.5 Å². The topological polar surface area (TPSA) is 92.5 Å². The summed E-state index contributed by atoms with van der Waals surface area (Å²) >= 11 is 1.55. The van der Waals surface area contributed by atoms with Crippen LogP contribution in [-0.4, -0.2) is 43.4 Å². The standard InChI is InChI=1S/C19H25N3O4S2/c1-3-10-20-19(23)15-6-4-11-22(13-15)28(24,25)18-14(2)21-26-17(18)9-8-16-7-5-12-27-16/h5,7-9,12,15H,3-4,6,10-11,13H2,1-2H3,(H,20,23)/b9-8+/t15-/m0/s1. The van der Waals surface area contributed by atoms with Gasteiger partial charge in [0.25, 0.3) is 0 Å². The summed E-state index contributed by atoms with van der Waals surface area (Å²) in [6.07, 6.45) is 5.62. The Morgan fingerprint density at radius 1 is 1.46 bits per heavy atom. The third-order valence-electron chi connectivity index (χ3n) is 4.68. The van der Waals surface area contributed by atoms with Crippen LogP contribution in [0, 0.1) is 12.8 Å². The van der Waals surface area contributed by atoms with Crippen molar-refractivity contribution < 1.29 is 17.7 Å². The smallest absolute Gasteiger partial charge is 0.248 e. The number of carbonyl (C=O) groups is 1. The van der Waals surface area contributed by atoms with E-state index in [1.165, 1.54) is 4.31 Å². The molecule has 1 N–H and O–H groups in total. The normalized spacial score (nSPS) is 18.6. The number of thiophene rings is 1. The number of nitrogens with one attached hydrogen (secondary N) is 1. The Balaban J connectivity index is 1.82. The van der Waals surface area contributed by atoms with Gasteiger partial charge in [0.05, 0.1) is 5.92 Å². The molecule has 0 aromatic carbocycles. The maximum Gasteiger partial charge on any atom is 0.248 e. The largest absolute Gasteiger partial charge is 0.356 e. The number of aromatic nitrogens is 1. The predicted molar refractivity (Wildman–Crippen MR) is 109 cm³/mol. The van der Waals surface area contributed by atoms with E-state index < -0.39 is 10.0 Å². The van der Waals surface area contributed by atoms with Gasteiger partial charge in [-0.15, -0.1) is 11.3 Å². The molecule has 0 aliphatic carbocycles. The molecule has 1 amide bonds. The van der Waals surface area contributed by atoms with Gasteiger partial charge in [-0.2, -0.15) is 4.31 Å². The number of piperidine rings is 1. The first-order chi connectivity index (χ1) is 13.4. The van der Waals surface area contributed by atoms with E-state index in [2.05, 4.69) is 10.5 Å². The van der Waals surface area contributed by atoms with Gasteiger partial charge in [-0.05, 0) is 49.8 Å². The third kappa shape index (κ3) is 4.53. The highest BCUT2D eigenvalue weighted by molar-refractivity contribution is 7.89. The number of rotatable bonds is 7. The molecule has 28 heavy (non-hydrogen) atoms. The van der Waals surface area contributed by atoms with Gasteiger partial charge >= 0.3 is 0 Å². The van der Waals surface area contributed by atoms with Crippen molar-refractivity contribution in [3.63, 3.8) is 0 Å². The van der Waals surface area contributed by atoms with Crippen LogP contribution in [-0.2, 0) is 14.8 Å². The predicted octanol–water partition coefficient (Wildman–Crippen LogP) is 3.14. The summed E-state index contributed by atoms with van der Waals surface area (Å²) in [6, 6.07) is 3.85. The van der Waals surface area contributed by atoms with Crippen LogP contribution < -0.4 is 5.32 Å². The minimum absolute atomic E-state index is 0.0786. The number of hydrogen-bond donors (Lipinski definition) is 1. The molecule has 3 heterocycles. The highest BCUT2D eigenvalue weighted by Crippen LogP contribution is 2.29. The lowest BCUT2D eigenvalue weighted by atomic mass is 9.99. The van der Waals surface area contributed by atoms with Gasteiger partial charge in [0.1, 0.15) is 5.69 Å². The SMILES string of the molecule is CCCNC(=O)[C@H]1CCCN(S(=O)(=O)c2c(C)noc2/C=C/c2cccs2)C1. The van der Waals surface area contributed by atoms with Gasteiger partial charge in [0.15, 0.2) is 10.7 Å². The average molecular weight is 424 g/mol. The van der Waals surface area contributed by atoms with Crippen molar-refractivity contribution in [1.29, 1.82) is 0 Å². The molecule has 152 valence electrons. The minimum atomic E-state index is -3.81.